The molecule has 1 unspecified atom stereocenters. The van der Waals surface area contributed by atoms with Crippen LogP contribution in [0.1, 0.15) is 51.6 Å². The van der Waals surface area contributed by atoms with Crippen molar-refractivity contribution in [3.63, 3.8) is 0 Å². The lowest BCUT2D eigenvalue weighted by Crippen LogP contribution is -2.47. The van der Waals surface area contributed by atoms with Gasteiger partial charge in [-0.2, -0.15) is 0 Å². The first-order chi connectivity index (χ1) is 20.4. The first-order valence-electron chi connectivity index (χ1n) is 14.8. The molecule has 0 bridgehead atoms. The summed E-state index contributed by atoms with van der Waals surface area (Å²) >= 11 is 0. The van der Waals surface area contributed by atoms with Crippen LogP contribution in [-0.4, -0.2) is 82.2 Å². The van der Waals surface area contributed by atoms with Gasteiger partial charge in [0.15, 0.2) is 0 Å². The fourth-order valence-electron chi connectivity index (χ4n) is 5.86. The summed E-state index contributed by atoms with van der Waals surface area (Å²) in [6.45, 7) is 9.63. The number of amides is 2. The number of likely N-dealkylation sites (tertiary alicyclic amines) is 1. The Morgan fingerprint density at radius 2 is 1.65 bits per heavy atom. The van der Waals surface area contributed by atoms with E-state index in [0.717, 1.165) is 42.9 Å². The number of ether oxygens (including phenoxy) is 2. The van der Waals surface area contributed by atoms with E-state index in [9.17, 15) is 19.2 Å². The lowest BCUT2D eigenvalue weighted by Gasteiger charge is -2.36. The number of carbonyl (C=O) groups excluding carboxylic acids is 3. The summed E-state index contributed by atoms with van der Waals surface area (Å²) in [7, 11) is 3.30. The predicted octanol–water partition coefficient (Wildman–Crippen LogP) is 3.09. The molecule has 11 heteroatoms. The van der Waals surface area contributed by atoms with Gasteiger partial charge in [0, 0.05) is 51.9 Å². The number of piperidine rings is 1. The minimum Gasteiger partial charge on any atom is -0.497 e. The molecule has 1 aromatic heterocycles. The zero-order chi connectivity index (χ0) is 30.9. The molecule has 0 spiro atoms. The van der Waals surface area contributed by atoms with E-state index in [1.165, 1.54) is 4.90 Å². The highest BCUT2D eigenvalue weighted by Crippen LogP contribution is 2.30. The number of hydrogen-bond acceptors (Lipinski definition) is 8. The van der Waals surface area contributed by atoms with Gasteiger partial charge < -0.3 is 14.4 Å². The second-order valence-corrected chi connectivity index (χ2v) is 12.3. The number of nitrogens with zero attached hydrogens (tertiary/aromatic N) is 5. The number of imidazole rings is 1. The second-order valence-electron chi connectivity index (χ2n) is 12.3. The van der Waals surface area contributed by atoms with Crippen molar-refractivity contribution < 1.29 is 23.9 Å². The van der Waals surface area contributed by atoms with Crippen molar-refractivity contribution in [2.24, 2.45) is 7.05 Å². The number of methoxy groups -OCH3 is 1. The normalized spacial score (nSPS) is 18.4. The van der Waals surface area contributed by atoms with Crippen LogP contribution in [0.25, 0.3) is 11.0 Å². The summed E-state index contributed by atoms with van der Waals surface area (Å²) < 4.78 is 13.8. The number of anilines is 1. The van der Waals surface area contributed by atoms with Gasteiger partial charge >= 0.3 is 11.7 Å². The van der Waals surface area contributed by atoms with Gasteiger partial charge in [0.25, 0.3) is 5.91 Å². The minimum atomic E-state index is -0.758. The quantitative estimate of drug-likeness (QED) is 0.291. The maximum atomic E-state index is 13.6. The molecule has 1 atom stereocenters. The van der Waals surface area contributed by atoms with Gasteiger partial charge in [-0.05, 0) is 63.1 Å². The maximum Gasteiger partial charge on any atom is 0.329 e. The zero-order valence-electron chi connectivity index (χ0n) is 25.7. The van der Waals surface area contributed by atoms with E-state index in [2.05, 4.69) is 9.80 Å². The Balaban J connectivity index is 1.29. The van der Waals surface area contributed by atoms with E-state index in [4.69, 9.17) is 9.47 Å². The van der Waals surface area contributed by atoms with E-state index in [-0.39, 0.29) is 42.9 Å². The Morgan fingerprint density at radius 3 is 2.30 bits per heavy atom. The average molecular weight is 592 g/mol. The van der Waals surface area contributed by atoms with Gasteiger partial charge in [-0.15, -0.1) is 0 Å². The third-order valence-corrected chi connectivity index (χ3v) is 8.16. The number of aryl methyl sites for hydroxylation is 1. The molecule has 2 aliphatic heterocycles. The summed E-state index contributed by atoms with van der Waals surface area (Å²) in [5.74, 6) is -0.0960. The molecule has 2 fully saturated rings. The SMILES string of the molecule is COc1ccc(CN2C(=O)CCC(n3c(=O)n(C)c4cc(N5CCN(CCC(=O)OC(C)(C)C)CC5)ccc43)C2=O)cc1. The summed E-state index contributed by atoms with van der Waals surface area (Å²) in [4.78, 5) is 57.8. The van der Waals surface area contributed by atoms with Gasteiger partial charge in [0.1, 0.15) is 17.4 Å². The maximum absolute atomic E-state index is 13.6. The minimum absolute atomic E-state index is 0.144. The highest BCUT2D eigenvalue weighted by molar-refractivity contribution is 6.00. The van der Waals surface area contributed by atoms with Crippen molar-refractivity contribution >= 4 is 34.5 Å². The van der Waals surface area contributed by atoms with Crippen LogP contribution in [0, 0.1) is 0 Å². The molecule has 11 nitrogen and oxygen atoms in total. The Bertz CT molecular complexity index is 1560. The monoisotopic (exact) mass is 591 g/mol. The second kappa shape index (κ2) is 12.2. The molecular weight excluding hydrogens is 550 g/mol. The van der Waals surface area contributed by atoms with Gasteiger partial charge in [0.2, 0.25) is 5.91 Å². The smallest absolute Gasteiger partial charge is 0.329 e. The van der Waals surface area contributed by atoms with Crippen LogP contribution in [0.4, 0.5) is 5.69 Å². The molecule has 0 saturated carbocycles. The molecule has 230 valence electrons. The van der Waals surface area contributed by atoms with E-state index in [1.54, 1.807) is 35.4 Å². The predicted molar refractivity (Wildman–Crippen MR) is 163 cm³/mol. The largest absolute Gasteiger partial charge is 0.497 e. The molecule has 2 amide bonds. The lowest BCUT2D eigenvalue weighted by molar-refractivity contribution is -0.155. The van der Waals surface area contributed by atoms with Crippen LogP contribution < -0.4 is 15.3 Å². The summed E-state index contributed by atoms with van der Waals surface area (Å²) in [5.41, 5.74) is 2.45. The third-order valence-electron chi connectivity index (χ3n) is 8.16. The van der Waals surface area contributed by atoms with Gasteiger partial charge in [0.05, 0.1) is 31.1 Å². The number of hydrogen-bond donors (Lipinski definition) is 0. The third kappa shape index (κ3) is 6.61. The summed E-state index contributed by atoms with van der Waals surface area (Å²) in [6.07, 6.45) is 0.830. The van der Waals surface area contributed by atoms with Crippen LogP contribution in [-0.2, 0) is 32.7 Å². The Labute approximate surface area is 251 Å². The molecule has 2 saturated heterocycles. The van der Waals surface area contributed by atoms with Crippen molar-refractivity contribution in [1.29, 1.82) is 0 Å². The highest BCUT2D eigenvalue weighted by Gasteiger charge is 2.37. The first kappa shape index (κ1) is 30.3. The molecule has 5 rings (SSSR count). The van der Waals surface area contributed by atoms with E-state index in [1.807, 2.05) is 51.1 Å². The first-order valence-corrected chi connectivity index (χ1v) is 14.8. The molecule has 0 radical (unpaired) electrons. The fraction of sp³-hybridized carbons (Fsp3) is 0.500. The van der Waals surface area contributed by atoms with Crippen LogP contribution in [0.5, 0.6) is 5.75 Å². The number of carbonyl (C=O) groups is 3. The molecule has 0 aliphatic carbocycles. The van der Waals surface area contributed by atoms with E-state index >= 15 is 0 Å². The number of fused-ring (bicyclic) bond motifs is 1. The van der Waals surface area contributed by atoms with Gasteiger partial charge in [-0.1, -0.05) is 12.1 Å². The molecule has 0 N–H and O–H groups in total. The van der Waals surface area contributed by atoms with E-state index < -0.39 is 11.6 Å². The Hall–Kier alpha value is -4.12. The van der Waals surface area contributed by atoms with Crippen LogP contribution >= 0.6 is 0 Å². The summed E-state index contributed by atoms with van der Waals surface area (Å²) in [6, 6.07) is 12.4. The molecule has 2 aliphatic rings. The number of benzene rings is 2. The van der Waals surface area contributed by atoms with Crippen molar-refractivity contribution in [3.05, 3.63) is 58.5 Å². The zero-order valence-corrected chi connectivity index (χ0v) is 25.7. The van der Waals surface area contributed by atoms with Gasteiger partial charge in [-0.3, -0.25) is 33.3 Å². The van der Waals surface area contributed by atoms with Crippen molar-refractivity contribution in [2.45, 2.75) is 58.2 Å². The average Bonchev–Trinajstić information content (AvgIpc) is 3.22. The van der Waals surface area contributed by atoms with Crippen LogP contribution in [0.3, 0.4) is 0 Å². The van der Waals surface area contributed by atoms with E-state index in [0.29, 0.717) is 24.2 Å². The lowest BCUT2D eigenvalue weighted by atomic mass is 10.0. The Morgan fingerprint density at radius 1 is 0.953 bits per heavy atom. The molecule has 43 heavy (non-hydrogen) atoms. The number of rotatable bonds is 8. The van der Waals surface area contributed by atoms with Crippen molar-refractivity contribution in [3.8, 4) is 5.75 Å². The molecule has 2 aromatic carbocycles. The number of aromatic nitrogens is 2. The molecular formula is C32H41N5O6. The Kier molecular flexibility index (Phi) is 8.64. The molecule has 3 heterocycles. The van der Waals surface area contributed by atoms with Crippen molar-refractivity contribution in [2.75, 3.05) is 44.7 Å². The van der Waals surface area contributed by atoms with Crippen LogP contribution in [0.2, 0.25) is 0 Å². The van der Waals surface area contributed by atoms with Crippen LogP contribution in [0.15, 0.2) is 47.3 Å². The standard InChI is InChI=1S/C32H41N5O6/c1-32(2,3)43-29(39)14-15-34-16-18-35(19-17-34)23-8-11-25-27(20-23)33(4)31(41)37(25)26-12-13-28(38)36(30(26)40)21-22-6-9-24(42-5)10-7-22/h6-11,20,26H,12-19,21H2,1-5H3. The fourth-order valence-corrected chi connectivity index (χ4v) is 5.86. The number of piperazine rings is 1. The van der Waals surface area contributed by atoms with Gasteiger partial charge in [-0.25, -0.2) is 4.79 Å². The number of imide groups is 1. The molecule has 3 aromatic rings. The summed E-state index contributed by atoms with van der Waals surface area (Å²) in [5, 5.41) is 0. The highest BCUT2D eigenvalue weighted by atomic mass is 16.6. The van der Waals surface area contributed by atoms with Crippen molar-refractivity contribution in [1.82, 2.24) is 18.9 Å². The topological polar surface area (TPSA) is 106 Å². The number of esters is 1.